The Morgan fingerprint density at radius 2 is 2.17 bits per heavy atom. The van der Waals surface area contributed by atoms with Gasteiger partial charge in [-0.1, -0.05) is 0 Å². The van der Waals surface area contributed by atoms with Gasteiger partial charge < -0.3 is 15.0 Å². The van der Waals surface area contributed by atoms with E-state index in [0.29, 0.717) is 12.1 Å². The molecule has 2 fully saturated rings. The van der Waals surface area contributed by atoms with Crippen LogP contribution in [0.25, 0.3) is 0 Å². The molecule has 0 amide bonds. The number of nitrogens with one attached hydrogen (secondary N) is 1. The monoisotopic (exact) mass is 255 g/mol. The molecule has 2 atom stereocenters. The molecule has 4 heteroatoms. The molecular weight excluding hydrogens is 226 g/mol. The molecule has 0 aromatic rings. The molecule has 2 unspecified atom stereocenters. The lowest BCUT2D eigenvalue weighted by Crippen LogP contribution is -2.64. The van der Waals surface area contributed by atoms with E-state index in [1.165, 1.54) is 12.8 Å². The SMILES string of the molecule is CN(C)CC1CNC(C)(C)CN1CC1CCCO1. The van der Waals surface area contributed by atoms with Crippen LogP contribution in [0.2, 0.25) is 0 Å². The van der Waals surface area contributed by atoms with E-state index in [1.54, 1.807) is 0 Å². The van der Waals surface area contributed by atoms with Crippen molar-refractivity contribution in [3.8, 4) is 0 Å². The van der Waals surface area contributed by atoms with Crippen molar-refractivity contribution in [2.45, 2.75) is 44.4 Å². The Hall–Kier alpha value is -0.160. The zero-order valence-corrected chi connectivity index (χ0v) is 12.4. The lowest BCUT2D eigenvalue weighted by atomic mass is 9.97. The summed E-state index contributed by atoms with van der Waals surface area (Å²) in [4.78, 5) is 4.92. The summed E-state index contributed by atoms with van der Waals surface area (Å²) in [5.41, 5.74) is 0.224. The van der Waals surface area contributed by atoms with Crippen LogP contribution in [-0.2, 0) is 4.74 Å². The molecule has 0 bridgehead atoms. The second-order valence-electron chi connectivity index (χ2n) is 6.75. The highest BCUT2D eigenvalue weighted by atomic mass is 16.5. The first-order valence-corrected chi connectivity index (χ1v) is 7.22. The zero-order chi connectivity index (χ0) is 13.2. The number of nitrogens with zero attached hydrogens (tertiary/aromatic N) is 2. The Morgan fingerprint density at radius 1 is 1.39 bits per heavy atom. The number of piperazine rings is 1. The largest absolute Gasteiger partial charge is 0.377 e. The molecule has 0 aromatic heterocycles. The Balaban J connectivity index is 1.94. The van der Waals surface area contributed by atoms with Crippen molar-refractivity contribution in [1.82, 2.24) is 15.1 Å². The van der Waals surface area contributed by atoms with E-state index in [-0.39, 0.29) is 5.54 Å². The van der Waals surface area contributed by atoms with Crippen molar-refractivity contribution in [2.75, 3.05) is 46.9 Å². The molecule has 18 heavy (non-hydrogen) atoms. The highest BCUT2D eigenvalue weighted by Crippen LogP contribution is 2.20. The molecule has 0 saturated carbocycles. The predicted molar refractivity (Wildman–Crippen MR) is 75.0 cm³/mol. The molecule has 0 aromatic carbocycles. The predicted octanol–water partition coefficient (Wildman–Crippen LogP) is 0.779. The molecule has 2 aliphatic rings. The van der Waals surface area contributed by atoms with Gasteiger partial charge in [0, 0.05) is 44.4 Å². The van der Waals surface area contributed by atoms with Crippen molar-refractivity contribution >= 4 is 0 Å². The maximum absolute atomic E-state index is 5.80. The van der Waals surface area contributed by atoms with Gasteiger partial charge in [0.1, 0.15) is 0 Å². The molecular formula is C14H29N3O. The fraction of sp³-hybridized carbons (Fsp3) is 1.00. The number of likely N-dealkylation sites (N-methyl/N-ethyl adjacent to an activating group) is 1. The van der Waals surface area contributed by atoms with Gasteiger partial charge >= 0.3 is 0 Å². The number of hydrogen-bond acceptors (Lipinski definition) is 4. The van der Waals surface area contributed by atoms with Crippen LogP contribution in [0, 0.1) is 0 Å². The Bertz CT molecular complexity index is 262. The van der Waals surface area contributed by atoms with Crippen molar-refractivity contribution < 1.29 is 4.74 Å². The molecule has 2 aliphatic heterocycles. The molecule has 0 spiro atoms. The molecule has 2 rings (SSSR count). The Kier molecular flexibility index (Phi) is 4.64. The standard InChI is InChI=1S/C14H29N3O/c1-14(2)11-17(10-13-6-5-7-18-13)12(8-15-14)9-16(3)4/h12-13,15H,5-11H2,1-4H3. The lowest BCUT2D eigenvalue weighted by Gasteiger charge is -2.46. The average Bonchev–Trinajstić information content (AvgIpc) is 2.74. The molecule has 4 nitrogen and oxygen atoms in total. The number of hydrogen-bond donors (Lipinski definition) is 1. The Labute approximate surface area is 112 Å². The van der Waals surface area contributed by atoms with E-state index in [2.05, 4.69) is 43.1 Å². The summed E-state index contributed by atoms with van der Waals surface area (Å²) in [5.74, 6) is 0. The highest BCUT2D eigenvalue weighted by molar-refractivity contribution is 4.94. The van der Waals surface area contributed by atoms with Gasteiger partial charge in [0.25, 0.3) is 0 Å². The van der Waals surface area contributed by atoms with Crippen LogP contribution in [0.3, 0.4) is 0 Å². The second-order valence-corrected chi connectivity index (χ2v) is 6.75. The summed E-state index contributed by atoms with van der Waals surface area (Å²) in [6, 6.07) is 0.609. The first-order chi connectivity index (χ1) is 8.46. The summed E-state index contributed by atoms with van der Waals surface area (Å²) in [6.07, 6.45) is 2.93. The van der Waals surface area contributed by atoms with Gasteiger partial charge in [-0.05, 0) is 40.8 Å². The van der Waals surface area contributed by atoms with Gasteiger partial charge in [0.05, 0.1) is 6.10 Å². The van der Waals surface area contributed by atoms with E-state index in [0.717, 1.165) is 32.8 Å². The molecule has 0 radical (unpaired) electrons. The van der Waals surface area contributed by atoms with Gasteiger partial charge in [-0.2, -0.15) is 0 Å². The summed E-state index contributed by atoms with van der Waals surface area (Å²) < 4.78 is 5.80. The summed E-state index contributed by atoms with van der Waals surface area (Å²) >= 11 is 0. The van der Waals surface area contributed by atoms with Crippen molar-refractivity contribution in [1.29, 1.82) is 0 Å². The fourth-order valence-electron chi connectivity index (χ4n) is 3.08. The van der Waals surface area contributed by atoms with Crippen LogP contribution in [-0.4, -0.2) is 74.4 Å². The van der Waals surface area contributed by atoms with Crippen LogP contribution in [0.15, 0.2) is 0 Å². The summed E-state index contributed by atoms with van der Waals surface area (Å²) in [7, 11) is 4.31. The maximum atomic E-state index is 5.80. The molecule has 1 N–H and O–H groups in total. The first-order valence-electron chi connectivity index (χ1n) is 7.22. The van der Waals surface area contributed by atoms with Crippen molar-refractivity contribution in [3.05, 3.63) is 0 Å². The lowest BCUT2D eigenvalue weighted by molar-refractivity contribution is 0.0197. The number of ether oxygens (including phenoxy) is 1. The molecule has 2 heterocycles. The highest BCUT2D eigenvalue weighted by Gasteiger charge is 2.34. The topological polar surface area (TPSA) is 27.7 Å². The van der Waals surface area contributed by atoms with Crippen LogP contribution in [0.5, 0.6) is 0 Å². The smallest absolute Gasteiger partial charge is 0.0702 e. The van der Waals surface area contributed by atoms with Gasteiger partial charge in [-0.25, -0.2) is 0 Å². The summed E-state index contributed by atoms with van der Waals surface area (Å²) in [5, 5.41) is 3.66. The third-order valence-electron chi connectivity index (χ3n) is 3.97. The fourth-order valence-corrected chi connectivity index (χ4v) is 3.08. The van der Waals surface area contributed by atoms with E-state index >= 15 is 0 Å². The molecule has 2 saturated heterocycles. The van der Waals surface area contributed by atoms with Crippen LogP contribution in [0.4, 0.5) is 0 Å². The normalized spacial score (nSPS) is 33.2. The zero-order valence-electron chi connectivity index (χ0n) is 12.4. The second kappa shape index (κ2) is 5.87. The molecule has 0 aliphatic carbocycles. The first kappa shape index (κ1) is 14.3. The van der Waals surface area contributed by atoms with Gasteiger partial charge in [-0.3, -0.25) is 4.90 Å². The minimum atomic E-state index is 0.224. The maximum Gasteiger partial charge on any atom is 0.0702 e. The van der Waals surface area contributed by atoms with Gasteiger partial charge in [0.2, 0.25) is 0 Å². The third-order valence-corrected chi connectivity index (χ3v) is 3.97. The van der Waals surface area contributed by atoms with E-state index in [1.807, 2.05) is 0 Å². The van der Waals surface area contributed by atoms with Crippen LogP contribution < -0.4 is 5.32 Å². The summed E-state index contributed by atoms with van der Waals surface area (Å²) in [6.45, 7) is 9.96. The van der Waals surface area contributed by atoms with Crippen LogP contribution >= 0.6 is 0 Å². The van der Waals surface area contributed by atoms with Gasteiger partial charge in [-0.15, -0.1) is 0 Å². The minimum Gasteiger partial charge on any atom is -0.377 e. The van der Waals surface area contributed by atoms with E-state index in [4.69, 9.17) is 4.74 Å². The van der Waals surface area contributed by atoms with Crippen molar-refractivity contribution in [2.24, 2.45) is 0 Å². The Morgan fingerprint density at radius 3 is 2.78 bits per heavy atom. The van der Waals surface area contributed by atoms with Gasteiger partial charge in [0.15, 0.2) is 0 Å². The quantitative estimate of drug-likeness (QED) is 0.803. The van der Waals surface area contributed by atoms with E-state index in [9.17, 15) is 0 Å². The minimum absolute atomic E-state index is 0.224. The number of rotatable bonds is 4. The third kappa shape index (κ3) is 3.92. The molecule has 106 valence electrons. The van der Waals surface area contributed by atoms with Crippen LogP contribution in [0.1, 0.15) is 26.7 Å². The van der Waals surface area contributed by atoms with E-state index < -0.39 is 0 Å². The average molecular weight is 255 g/mol. The van der Waals surface area contributed by atoms with Crippen molar-refractivity contribution in [3.63, 3.8) is 0 Å².